The van der Waals surface area contributed by atoms with E-state index in [0.29, 0.717) is 6.61 Å². The van der Waals surface area contributed by atoms with Crippen LogP contribution < -0.4 is 5.43 Å². The number of rotatable bonds is 6. The van der Waals surface area contributed by atoms with E-state index in [1.165, 1.54) is 5.01 Å². The lowest BCUT2D eigenvalue weighted by Crippen LogP contribution is -2.52. The second-order valence-electron chi connectivity index (χ2n) is 4.77. The smallest absolute Gasteiger partial charge is 0.424 e. The lowest BCUT2D eigenvalue weighted by Gasteiger charge is -2.28. The predicted octanol–water partition coefficient (Wildman–Crippen LogP) is 3.14. The molecule has 2 atom stereocenters. The number of hydrogen-bond donors (Lipinski definition) is 1. The second kappa shape index (κ2) is 7.16. The van der Waals surface area contributed by atoms with Crippen molar-refractivity contribution in [3.05, 3.63) is 35.9 Å². The van der Waals surface area contributed by atoms with Crippen LogP contribution >= 0.6 is 23.2 Å². The fourth-order valence-corrected chi connectivity index (χ4v) is 2.63. The molecule has 1 aromatic carbocycles. The molecule has 0 aliphatic carbocycles. The van der Waals surface area contributed by atoms with E-state index < -0.39 is 4.84 Å². The van der Waals surface area contributed by atoms with E-state index in [9.17, 15) is 4.79 Å². The van der Waals surface area contributed by atoms with Crippen molar-refractivity contribution in [1.82, 2.24) is 10.4 Å². The summed E-state index contributed by atoms with van der Waals surface area (Å²) in [6, 6.07) is 9.76. The van der Waals surface area contributed by atoms with Crippen molar-refractivity contribution >= 4 is 29.3 Å². The van der Waals surface area contributed by atoms with Crippen molar-refractivity contribution in [2.75, 3.05) is 6.61 Å². The van der Waals surface area contributed by atoms with Crippen molar-refractivity contribution < 1.29 is 9.53 Å². The average Bonchev–Trinajstić information content (AvgIpc) is 2.77. The number of ether oxygens (including phenoxy) is 1. The second-order valence-corrected chi connectivity index (χ2v) is 5.93. The summed E-state index contributed by atoms with van der Waals surface area (Å²) in [5.74, 6) is 0. The Balaban J connectivity index is 2.03. The van der Waals surface area contributed by atoms with Crippen LogP contribution in [0.15, 0.2) is 30.3 Å². The number of carbonyl (C=O) groups is 1. The van der Waals surface area contributed by atoms with Gasteiger partial charge in [-0.3, -0.25) is 0 Å². The molecule has 1 aromatic rings. The molecule has 0 saturated carbocycles. The summed E-state index contributed by atoms with van der Waals surface area (Å²) in [7, 11) is 0. The number of nitrogens with one attached hydrogen (secondary N) is 1. The Morgan fingerprint density at radius 1 is 1.40 bits per heavy atom. The van der Waals surface area contributed by atoms with Gasteiger partial charge in [0.15, 0.2) is 0 Å². The monoisotopic (exact) mass is 316 g/mol. The number of amides is 1. The van der Waals surface area contributed by atoms with Crippen LogP contribution in [0.25, 0.3) is 0 Å². The Bertz CT molecular complexity index is 442. The van der Waals surface area contributed by atoms with Crippen LogP contribution in [0.1, 0.15) is 18.9 Å². The van der Waals surface area contributed by atoms with Crippen molar-refractivity contribution in [3.63, 3.8) is 0 Å². The van der Waals surface area contributed by atoms with Crippen LogP contribution in [-0.4, -0.2) is 34.6 Å². The third-order valence-electron chi connectivity index (χ3n) is 3.32. The number of halogens is 2. The number of nitrogens with zero attached hydrogens (tertiary/aromatic N) is 1. The zero-order valence-electron chi connectivity index (χ0n) is 11.3. The predicted molar refractivity (Wildman–Crippen MR) is 79.8 cm³/mol. The van der Waals surface area contributed by atoms with Gasteiger partial charge in [-0.2, -0.15) is 0 Å². The van der Waals surface area contributed by atoms with Crippen molar-refractivity contribution in [3.8, 4) is 0 Å². The molecule has 1 aliphatic rings. The van der Waals surface area contributed by atoms with Crippen molar-refractivity contribution in [2.45, 2.75) is 36.7 Å². The fourth-order valence-electron chi connectivity index (χ4n) is 2.16. The molecule has 1 N–H and O–H groups in total. The van der Waals surface area contributed by atoms with Crippen molar-refractivity contribution in [1.29, 1.82) is 0 Å². The summed E-state index contributed by atoms with van der Waals surface area (Å²) in [5, 5.41) is 1.51. The highest BCUT2D eigenvalue weighted by atomic mass is 35.5. The van der Waals surface area contributed by atoms with E-state index in [0.717, 1.165) is 18.4 Å². The maximum absolute atomic E-state index is 11.8. The van der Waals surface area contributed by atoms with Crippen LogP contribution in [0.5, 0.6) is 0 Å². The first-order chi connectivity index (χ1) is 9.61. The average molecular weight is 317 g/mol. The molecule has 1 saturated heterocycles. The molecule has 1 fully saturated rings. The molecular weight excluding hydrogens is 299 g/mol. The SMILES string of the molecule is CC[C@H](NN1C(=O)OC[C@@H]1Cc1ccccc1)C(Cl)Cl. The van der Waals surface area contributed by atoms with Crippen LogP contribution in [0.3, 0.4) is 0 Å². The first kappa shape index (κ1) is 15.4. The lowest BCUT2D eigenvalue weighted by atomic mass is 10.1. The van der Waals surface area contributed by atoms with Gasteiger partial charge in [-0.15, -0.1) is 23.2 Å². The van der Waals surface area contributed by atoms with Gasteiger partial charge in [-0.1, -0.05) is 37.3 Å². The normalized spacial score (nSPS) is 20.3. The third kappa shape index (κ3) is 3.78. The van der Waals surface area contributed by atoms with Crippen LogP contribution in [0.4, 0.5) is 4.79 Å². The number of benzene rings is 1. The van der Waals surface area contributed by atoms with E-state index in [1.807, 2.05) is 37.3 Å². The molecule has 6 heteroatoms. The summed E-state index contributed by atoms with van der Waals surface area (Å²) in [6.07, 6.45) is 1.07. The highest BCUT2D eigenvalue weighted by molar-refractivity contribution is 6.44. The first-order valence-corrected chi connectivity index (χ1v) is 7.53. The number of cyclic esters (lactones) is 1. The molecule has 0 radical (unpaired) electrons. The summed E-state index contributed by atoms with van der Waals surface area (Å²) < 4.78 is 5.11. The Hall–Kier alpha value is -0.970. The maximum Gasteiger partial charge on any atom is 0.424 e. The molecule has 20 heavy (non-hydrogen) atoms. The van der Waals surface area contributed by atoms with Gasteiger partial charge in [0.25, 0.3) is 0 Å². The molecule has 1 aliphatic heterocycles. The highest BCUT2D eigenvalue weighted by Gasteiger charge is 2.35. The molecule has 0 unspecified atom stereocenters. The molecule has 1 amide bonds. The van der Waals surface area contributed by atoms with Gasteiger partial charge in [0, 0.05) is 0 Å². The summed E-state index contributed by atoms with van der Waals surface area (Å²) in [6.45, 7) is 2.33. The minimum atomic E-state index is -0.578. The van der Waals surface area contributed by atoms with Gasteiger partial charge in [-0.25, -0.2) is 15.2 Å². The zero-order chi connectivity index (χ0) is 14.5. The Morgan fingerprint density at radius 3 is 2.70 bits per heavy atom. The van der Waals surface area contributed by atoms with Gasteiger partial charge < -0.3 is 4.74 Å². The maximum atomic E-state index is 11.8. The largest absolute Gasteiger partial charge is 0.446 e. The van der Waals surface area contributed by atoms with E-state index in [4.69, 9.17) is 27.9 Å². The molecule has 0 aromatic heterocycles. The fraction of sp³-hybridized carbons (Fsp3) is 0.500. The van der Waals surface area contributed by atoms with E-state index in [2.05, 4.69) is 5.43 Å². The number of alkyl halides is 2. The summed E-state index contributed by atoms with van der Waals surface area (Å²) in [5.41, 5.74) is 4.24. The minimum Gasteiger partial charge on any atom is -0.446 e. The Labute approximate surface area is 129 Å². The topological polar surface area (TPSA) is 41.6 Å². The molecule has 0 spiro atoms. The highest BCUT2D eigenvalue weighted by Crippen LogP contribution is 2.18. The Kier molecular flexibility index (Phi) is 5.52. The molecule has 110 valence electrons. The van der Waals surface area contributed by atoms with E-state index in [-0.39, 0.29) is 18.2 Å². The third-order valence-corrected chi connectivity index (χ3v) is 3.93. The van der Waals surface area contributed by atoms with Crippen LogP contribution in [0, 0.1) is 0 Å². The molecule has 2 rings (SSSR count). The lowest BCUT2D eigenvalue weighted by molar-refractivity contribution is 0.131. The number of hydrogen-bond acceptors (Lipinski definition) is 3. The van der Waals surface area contributed by atoms with Gasteiger partial charge in [0.05, 0.1) is 12.1 Å². The zero-order valence-corrected chi connectivity index (χ0v) is 12.8. The summed E-state index contributed by atoms with van der Waals surface area (Å²) in [4.78, 5) is 11.2. The number of carbonyl (C=O) groups excluding carboxylic acids is 1. The van der Waals surface area contributed by atoms with Crippen LogP contribution in [0.2, 0.25) is 0 Å². The molecular formula is C14H18Cl2N2O2. The molecule has 4 nitrogen and oxygen atoms in total. The van der Waals surface area contributed by atoms with Crippen LogP contribution in [-0.2, 0) is 11.2 Å². The molecule has 0 bridgehead atoms. The van der Waals surface area contributed by atoms with Crippen molar-refractivity contribution in [2.24, 2.45) is 0 Å². The standard InChI is InChI=1S/C14H18Cl2N2O2/c1-2-12(13(15)16)17-18-11(9-20-14(18)19)8-10-6-4-3-5-7-10/h3-7,11-13,17H,2,8-9H2,1H3/t11-,12-/m0/s1. The number of hydrazine groups is 1. The molecule has 1 heterocycles. The summed E-state index contributed by atoms with van der Waals surface area (Å²) >= 11 is 11.8. The van der Waals surface area contributed by atoms with Gasteiger partial charge in [0.2, 0.25) is 0 Å². The van der Waals surface area contributed by atoms with Gasteiger partial charge in [-0.05, 0) is 18.4 Å². The quantitative estimate of drug-likeness (QED) is 0.820. The van der Waals surface area contributed by atoms with E-state index >= 15 is 0 Å². The first-order valence-electron chi connectivity index (χ1n) is 6.66. The van der Waals surface area contributed by atoms with E-state index in [1.54, 1.807) is 0 Å². The Morgan fingerprint density at radius 2 is 2.10 bits per heavy atom. The van der Waals surface area contributed by atoms with Gasteiger partial charge >= 0.3 is 6.09 Å². The minimum absolute atomic E-state index is 0.0500. The van der Waals surface area contributed by atoms with Gasteiger partial charge in [0.1, 0.15) is 11.4 Å².